The van der Waals surface area contributed by atoms with Crippen LogP contribution >= 0.6 is 17.1 Å². The van der Waals surface area contributed by atoms with Crippen molar-refractivity contribution in [2.75, 3.05) is 6.66 Å². The zero-order valence-electron chi connectivity index (χ0n) is 3.53. The maximum absolute atomic E-state index is 8.55. The van der Waals surface area contributed by atoms with Crippen molar-refractivity contribution in [1.29, 1.82) is 0 Å². The molecule has 4 nitrogen and oxygen atoms in total. The summed E-state index contributed by atoms with van der Waals surface area (Å²) in [7, 11) is -1.86. The van der Waals surface area contributed by atoms with Crippen molar-refractivity contribution in [1.82, 2.24) is 0 Å². The Morgan fingerprint density at radius 2 is 1.29 bits per heavy atom. The third-order valence-corrected chi connectivity index (χ3v) is 0. The molecule has 0 aliphatic rings. The van der Waals surface area contributed by atoms with E-state index in [2.05, 4.69) is 9.24 Å². The van der Waals surface area contributed by atoms with Gasteiger partial charge in [0.1, 0.15) is 0 Å². The van der Waals surface area contributed by atoms with Crippen LogP contribution in [0.3, 0.4) is 0 Å². The molecule has 1 radical (unpaired) electrons. The SMILES string of the molecule is C[P+3].O=P([O-])([O-])[O-]. The zero-order chi connectivity index (χ0) is 6.50. The van der Waals surface area contributed by atoms with Gasteiger partial charge in [0.25, 0.3) is 0 Å². The van der Waals surface area contributed by atoms with Gasteiger partial charge in [-0.05, 0) is 0 Å². The fourth-order valence-electron chi connectivity index (χ4n) is 0. The van der Waals surface area contributed by atoms with Crippen LogP contribution in [0.25, 0.3) is 0 Å². The Morgan fingerprint density at radius 1 is 1.29 bits per heavy atom. The van der Waals surface area contributed by atoms with E-state index in [-0.39, 0.29) is 0 Å². The minimum atomic E-state index is -5.39. The van der Waals surface area contributed by atoms with Crippen molar-refractivity contribution in [2.24, 2.45) is 0 Å². The molecule has 0 amide bonds. The van der Waals surface area contributed by atoms with Gasteiger partial charge in [0.15, 0.2) is 0 Å². The number of rotatable bonds is 0. The molecule has 0 aromatic rings. The Hall–Kier alpha value is 0.540. The molecular weight excluding hydrogens is 138 g/mol. The monoisotopic (exact) mass is 141 g/mol. The number of hydrogen-bond acceptors (Lipinski definition) is 4. The summed E-state index contributed by atoms with van der Waals surface area (Å²) in [6.45, 7) is 1.69. The van der Waals surface area contributed by atoms with Crippen LogP contribution in [0.5, 0.6) is 0 Å². The summed E-state index contributed by atoms with van der Waals surface area (Å²) >= 11 is 0. The van der Waals surface area contributed by atoms with Crippen LogP contribution in [-0.2, 0) is 4.57 Å². The Bertz CT molecular complexity index is 55.8. The van der Waals surface area contributed by atoms with Crippen molar-refractivity contribution in [2.45, 2.75) is 0 Å². The summed E-state index contributed by atoms with van der Waals surface area (Å²) in [5.74, 6) is 0. The molecule has 0 aliphatic heterocycles. The first-order chi connectivity index (χ1) is 3.00. The Balaban J connectivity index is 0. The van der Waals surface area contributed by atoms with E-state index < -0.39 is 7.82 Å². The largest absolute Gasteiger partial charge is 0.822 e. The second-order valence-corrected chi connectivity index (χ2v) is 1.34. The van der Waals surface area contributed by atoms with Crippen LogP contribution in [0.4, 0.5) is 0 Å². The topological polar surface area (TPSA) is 86.2 Å². The molecule has 0 spiro atoms. The second-order valence-electron chi connectivity index (χ2n) is 0.447. The van der Waals surface area contributed by atoms with Gasteiger partial charge in [-0.25, -0.2) is 0 Å². The van der Waals surface area contributed by atoms with Crippen LogP contribution in [0.15, 0.2) is 0 Å². The molecule has 0 atom stereocenters. The van der Waals surface area contributed by atoms with Crippen LogP contribution in [0, 0.1) is 0 Å². The predicted molar refractivity (Wildman–Crippen MR) is 20.5 cm³/mol. The molecule has 0 fully saturated rings. The molecule has 0 aromatic carbocycles. The summed E-state index contributed by atoms with van der Waals surface area (Å²) < 4.78 is 8.55. The van der Waals surface area contributed by atoms with Gasteiger partial charge in [-0.2, -0.15) is 7.82 Å². The maximum Gasteiger partial charge on any atom is -0.159 e. The average molecular weight is 141 g/mol. The molecule has 0 saturated heterocycles. The molecule has 0 heterocycles. The van der Waals surface area contributed by atoms with E-state index in [4.69, 9.17) is 19.2 Å². The van der Waals surface area contributed by atoms with E-state index in [1.165, 1.54) is 0 Å². The molecule has 41 valence electrons. The molecule has 0 rings (SSSR count). The van der Waals surface area contributed by atoms with Gasteiger partial charge < -0.3 is 19.2 Å². The first-order valence-corrected chi connectivity index (χ1v) is 3.53. The van der Waals surface area contributed by atoms with Gasteiger partial charge >= 0.3 is 15.9 Å². The molecular formula is CH3O4P2. The summed E-state index contributed by atoms with van der Waals surface area (Å²) in [6, 6.07) is 0. The van der Waals surface area contributed by atoms with Crippen molar-refractivity contribution in [3.05, 3.63) is 0 Å². The van der Waals surface area contributed by atoms with Gasteiger partial charge in [0, 0.05) is 0 Å². The molecule has 0 saturated carbocycles. The van der Waals surface area contributed by atoms with Gasteiger partial charge in [-0.1, -0.05) is 0 Å². The number of hydrogen-bond donors (Lipinski definition) is 0. The van der Waals surface area contributed by atoms with E-state index in [9.17, 15) is 0 Å². The molecule has 0 aliphatic carbocycles. The summed E-state index contributed by atoms with van der Waals surface area (Å²) in [5, 5.41) is 0. The molecule has 0 N–H and O–H groups in total. The third kappa shape index (κ3) is 462. The van der Waals surface area contributed by atoms with Gasteiger partial charge in [-0.3, -0.25) is 0 Å². The third-order valence-electron chi connectivity index (χ3n) is 0. The van der Waals surface area contributed by atoms with Gasteiger partial charge in [0.05, 0.1) is 0 Å². The quantitative estimate of drug-likeness (QED) is 0.372. The van der Waals surface area contributed by atoms with Gasteiger partial charge in [0.2, 0.25) is 0 Å². The van der Waals surface area contributed by atoms with E-state index >= 15 is 0 Å². The zero-order valence-corrected chi connectivity index (χ0v) is 5.32. The van der Waals surface area contributed by atoms with E-state index in [0.717, 1.165) is 0 Å². The standard InChI is InChI=1S/CH3P.H3O4P/c1-2;1-5(2,3)4/h1H3;(H3,1,2,3,4)/q+3;/p-3. The molecule has 6 heteroatoms. The molecule has 7 heavy (non-hydrogen) atoms. The van der Waals surface area contributed by atoms with Crippen LogP contribution in [0.2, 0.25) is 0 Å². The minimum Gasteiger partial charge on any atom is -0.822 e. The normalized spacial score (nSPS) is 9.00. The average Bonchev–Trinajstić information content (AvgIpc) is 1.36. The van der Waals surface area contributed by atoms with E-state index in [1.54, 1.807) is 6.66 Å². The van der Waals surface area contributed by atoms with Gasteiger partial charge in [-0.15, -0.1) is 0 Å². The Kier molecular flexibility index (Phi) is 7.04. The summed E-state index contributed by atoms with van der Waals surface area (Å²) in [4.78, 5) is 25.6. The van der Waals surface area contributed by atoms with Crippen molar-refractivity contribution >= 4 is 17.1 Å². The maximum atomic E-state index is 8.55. The fraction of sp³-hybridized carbons (Fsp3) is 1.00. The Morgan fingerprint density at radius 3 is 1.29 bits per heavy atom. The number of phosphoric acid groups is 1. The summed E-state index contributed by atoms with van der Waals surface area (Å²) in [5.41, 5.74) is 0. The van der Waals surface area contributed by atoms with Crippen molar-refractivity contribution in [3.8, 4) is 0 Å². The fourth-order valence-corrected chi connectivity index (χ4v) is 0. The second kappa shape index (κ2) is 4.69. The predicted octanol–water partition coefficient (Wildman–Crippen LogP) is -1.80. The molecule has 0 unspecified atom stereocenters. The molecule has 0 bridgehead atoms. The Labute approximate surface area is 44.0 Å². The smallest absolute Gasteiger partial charge is 0.159 e. The first-order valence-electron chi connectivity index (χ1n) is 1.18. The molecule has 0 aromatic heterocycles. The van der Waals surface area contributed by atoms with Crippen LogP contribution in [0.1, 0.15) is 0 Å². The van der Waals surface area contributed by atoms with E-state index in [1.807, 2.05) is 0 Å². The minimum absolute atomic E-state index is 1.69. The first kappa shape index (κ1) is 10.5. The van der Waals surface area contributed by atoms with Crippen LogP contribution in [-0.4, -0.2) is 6.66 Å². The van der Waals surface area contributed by atoms with Crippen LogP contribution < -0.4 is 14.7 Å². The van der Waals surface area contributed by atoms with Crippen molar-refractivity contribution in [3.63, 3.8) is 0 Å². The van der Waals surface area contributed by atoms with E-state index in [0.29, 0.717) is 0 Å². The summed E-state index contributed by atoms with van der Waals surface area (Å²) in [6.07, 6.45) is 0. The van der Waals surface area contributed by atoms with Crippen molar-refractivity contribution < 1.29 is 19.2 Å².